The largest absolute Gasteiger partial charge is 0.376 e. The molecule has 1 aliphatic rings. The highest BCUT2D eigenvalue weighted by molar-refractivity contribution is 7.80. The van der Waals surface area contributed by atoms with Crippen molar-refractivity contribution in [3.05, 3.63) is 0 Å². The maximum Gasteiger partial charge on any atom is 0.0579 e. The van der Waals surface area contributed by atoms with Crippen LogP contribution in [0.1, 0.15) is 39.5 Å². The van der Waals surface area contributed by atoms with E-state index in [1.807, 2.05) is 0 Å². The average molecular weight is 217 g/mol. The first kappa shape index (κ1) is 12.3. The fourth-order valence-electron chi connectivity index (χ4n) is 2.12. The van der Waals surface area contributed by atoms with Crippen molar-refractivity contribution in [1.29, 1.82) is 0 Å². The Hall–Kier alpha value is 0.270. The van der Waals surface area contributed by atoms with Gasteiger partial charge in [0, 0.05) is 11.9 Å². The van der Waals surface area contributed by atoms with Gasteiger partial charge in [0.15, 0.2) is 0 Å². The summed E-state index contributed by atoms with van der Waals surface area (Å²) < 4.78 is 5.82. The normalized spacial score (nSPS) is 28.7. The summed E-state index contributed by atoms with van der Waals surface area (Å²) >= 11 is 4.30. The van der Waals surface area contributed by atoms with E-state index in [9.17, 15) is 0 Å². The van der Waals surface area contributed by atoms with Gasteiger partial charge < -0.3 is 4.74 Å². The topological polar surface area (TPSA) is 12.5 Å². The van der Waals surface area contributed by atoms with Crippen LogP contribution in [-0.2, 0) is 4.74 Å². The van der Waals surface area contributed by atoms with Crippen LogP contribution in [0.4, 0.5) is 0 Å². The van der Waals surface area contributed by atoms with E-state index in [2.05, 4.69) is 38.4 Å². The Labute approximate surface area is 93.4 Å². The molecule has 1 saturated carbocycles. The molecular formula is C11H23NOS. The zero-order chi connectivity index (χ0) is 10.6. The summed E-state index contributed by atoms with van der Waals surface area (Å²) in [5.74, 6) is 0.861. The van der Waals surface area contributed by atoms with Gasteiger partial charge >= 0.3 is 0 Å². The Morgan fingerprint density at radius 2 is 1.86 bits per heavy atom. The van der Waals surface area contributed by atoms with Crippen LogP contribution in [0.15, 0.2) is 0 Å². The van der Waals surface area contributed by atoms with Crippen molar-refractivity contribution in [1.82, 2.24) is 4.90 Å². The predicted molar refractivity (Wildman–Crippen MR) is 63.9 cm³/mol. The van der Waals surface area contributed by atoms with Gasteiger partial charge in [-0.2, -0.15) is 12.6 Å². The molecule has 0 amide bonds. The summed E-state index contributed by atoms with van der Waals surface area (Å²) in [6, 6.07) is 0.722. The van der Waals surface area contributed by atoms with Gasteiger partial charge in [0.05, 0.1) is 12.2 Å². The first-order valence-electron chi connectivity index (χ1n) is 5.60. The van der Waals surface area contributed by atoms with Gasteiger partial charge in [-0.1, -0.05) is 0 Å². The van der Waals surface area contributed by atoms with Crippen LogP contribution >= 0.6 is 12.6 Å². The summed E-state index contributed by atoms with van der Waals surface area (Å²) in [6.07, 6.45) is 5.81. The van der Waals surface area contributed by atoms with Crippen molar-refractivity contribution in [2.24, 2.45) is 0 Å². The minimum atomic E-state index is 0.374. The van der Waals surface area contributed by atoms with E-state index < -0.39 is 0 Å². The maximum absolute atomic E-state index is 5.82. The van der Waals surface area contributed by atoms with Crippen LogP contribution in [0.2, 0.25) is 0 Å². The van der Waals surface area contributed by atoms with E-state index in [-0.39, 0.29) is 0 Å². The second kappa shape index (κ2) is 5.99. The maximum atomic E-state index is 5.82. The predicted octanol–water partition coefficient (Wildman–Crippen LogP) is 2.54. The minimum absolute atomic E-state index is 0.374. The molecule has 0 aromatic heterocycles. The highest BCUT2D eigenvalue weighted by Crippen LogP contribution is 2.25. The van der Waals surface area contributed by atoms with E-state index in [4.69, 9.17) is 4.74 Å². The van der Waals surface area contributed by atoms with Crippen LogP contribution in [0, 0.1) is 0 Å². The quantitative estimate of drug-likeness (QED) is 0.574. The molecule has 0 atom stereocenters. The monoisotopic (exact) mass is 217 g/mol. The van der Waals surface area contributed by atoms with E-state index in [1.165, 1.54) is 25.7 Å². The van der Waals surface area contributed by atoms with Crippen LogP contribution in [-0.4, -0.2) is 36.1 Å². The van der Waals surface area contributed by atoms with Crippen molar-refractivity contribution in [2.75, 3.05) is 12.9 Å². The molecule has 0 aromatic carbocycles. The molecule has 0 N–H and O–H groups in total. The minimum Gasteiger partial charge on any atom is -0.376 e. The first-order chi connectivity index (χ1) is 6.63. The molecule has 0 radical (unpaired) electrons. The molecule has 3 heteroatoms. The molecule has 2 nitrogen and oxygen atoms in total. The number of hydrogen-bond donors (Lipinski definition) is 1. The number of nitrogens with zero attached hydrogens (tertiary/aromatic N) is 1. The molecule has 14 heavy (non-hydrogen) atoms. The molecule has 84 valence electrons. The lowest BCUT2D eigenvalue weighted by Gasteiger charge is -2.34. The van der Waals surface area contributed by atoms with Gasteiger partial charge in [0.1, 0.15) is 0 Å². The lowest BCUT2D eigenvalue weighted by molar-refractivity contribution is -0.0228. The van der Waals surface area contributed by atoms with E-state index in [1.54, 1.807) is 0 Å². The van der Waals surface area contributed by atoms with Gasteiger partial charge in [-0.25, -0.2) is 0 Å². The average Bonchev–Trinajstić information content (AvgIpc) is 2.17. The summed E-state index contributed by atoms with van der Waals surface area (Å²) in [5, 5.41) is 0. The number of rotatable bonds is 4. The van der Waals surface area contributed by atoms with Crippen LogP contribution < -0.4 is 0 Å². The summed E-state index contributed by atoms with van der Waals surface area (Å²) in [7, 11) is 2.15. The molecule has 0 saturated heterocycles. The highest BCUT2D eigenvalue weighted by Gasteiger charge is 2.24. The summed E-state index contributed by atoms with van der Waals surface area (Å²) in [6.45, 7) is 4.23. The Bertz CT molecular complexity index is 155. The van der Waals surface area contributed by atoms with Crippen LogP contribution in [0.5, 0.6) is 0 Å². The first-order valence-corrected chi connectivity index (χ1v) is 6.23. The Balaban J connectivity index is 2.24. The van der Waals surface area contributed by atoms with Crippen molar-refractivity contribution in [2.45, 2.75) is 57.8 Å². The van der Waals surface area contributed by atoms with Crippen molar-refractivity contribution in [3.8, 4) is 0 Å². The van der Waals surface area contributed by atoms with Crippen molar-refractivity contribution >= 4 is 12.6 Å². The van der Waals surface area contributed by atoms with Gasteiger partial charge in [-0.15, -0.1) is 0 Å². The fraction of sp³-hybridized carbons (Fsp3) is 1.00. The fourth-order valence-corrected chi connectivity index (χ4v) is 2.35. The third-order valence-corrected chi connectivity index (χ3v) is 3.40. The van der Waals surface area contributed by atoms with Gasteiger partial charge in [0.2, 0.25) is 0 Å². The van der Waals surface area contributed by atoms with Crippen LogP contribution in [0.3, 0.4) is 0 Å². The zero-order valence-corrected chi connectivity index (χ0v) is 10.5. The third kappa shape index (κ3) is 3.79. The van der Waals surface area contributed by atoms with Crippen molar-refractivity contribution < 1.29 is 4.74 Å². The van der Waals surface area contributed by atoms with Gasteiger partial charge in [-0.3, -0.25) is 4.90 Å². The molecule has 1 fully saturated rings. The smallest absolute Gasteiger partial charge is 0.0579 e. The molecule has 0 aliphatic heterocycles. The van der Waals surface area contributed by atoms with Gasteiger partial charge in [-0.05, 0) is 46.6 Å². The molecule has 0 spiro atoms. The van der Waals surface area contributed by atoms with E-state index >= 15 is 0 Å². The Kier molecular flexibility index (Phi) is 5.28. The molecule has 0 heterocycles. The van der Waals surface area contributed by atoms with Crippen LogP contribution in [0.25, 0.3) is 0 Å². The Morgan fingerprint density at radius 3 is 2.29 bits per heavy atom. The lowest BCUT2D eigenvalue weighted by atomic mass is 9.92. The summed E-state index contributed by atoms with van der Waals surface area (Å²) in [4.78, 5) is 2.33. The van der Waals surface area contributed by atoms with Crippen molar-refractivity contribution in [3.63, 3.8) is 0 Å². The van der Waals surface area contributed by atoms with E-state index in [0.29, 0.717) is 12.2 Å². The molecule has 0 aromatic rings. The number of ether oxygens (including phenoxy) is 1. The number of hydrogen-bond acceptors (Lipinski definition) is 3. The Morgan fingerprint density at radius 1 is 1.29 bits per heavy atom. The molecular weight excluding hydrogens is 194 g/mol. The van der Waals surface area contributed by atoms with E-state index in [0.717, 1.165) is 11.9 Å². The standard InChI is InChI=1S/C11H23NOS/c1-9(2)13-11-6-4-10(5-7-11)12(3)8-14/h9-11,14H,4-8H2,1-3H3. The third-order valence-electron chi connectivity index (χ3n) is 2.95. The SMILES string of the molecule is CC(C)OC1CCC(N(C)CS)CC1. The molecule has 0 unspecified atom stereocenters. The van der Waals surface area contributed by atoms with Gasteiger partial charge in [0.25, 0.3) is 0 Å². The number of thiol groups is 1. The molecule has 1 rings (SSSR count). The molecule has 0 bridgehead atoms. The second-order valence-electron chi connectivity index (χ2n) is 4.51. The lowest BCUT2D eigenvalue weighted by Crippen LogP contribution is -2.36. The summed E-state index contributed by atoms with van der Waals surface area (Å²) in [5.41, 5.74) is 0. The second-order valence-corrected chi connectivity index (χ2v) is 4.80. The molecule has 1 aliphatic carbocycles. The zero-order valence-electron chi connectivity index (χ0n) is 9.57. The highest BCUT2D eigenvalue weighted by atomic mass is 32.1.